The largest absolute Gasteiger partial charge is 0.405 e. The first-order valence-electron chi connectivity index (χ1n) is 12.9. The lowest BCUT2D eigenvalue weighted by molar-refractivity contribution is -0.129. The van der Waals surface area contributed by atoms with Crippen molar-refractivity contribution in [1.29, 1.82) is 0 Å². The third kappa shape index (κ3) is 5.23. The molecule has 0 fully saturated rings. The van der Waals surface area contributed by atoms with Crippen molar-refractivity contribution in [3.05, 3.63) is 96.6 Å². The Morgan fingerprint density at radius 1 is 0.861 bits per heavy atom. The molecular formula is C31H38N2O2Si. The molecule has 36 heavy (non-hydrogen) atoms. The van der Waals surface area contributed by atoms with Crippen LogP contribution in [0.15, 0.2) is 96.0 Å². The molecule has 0 N–H and O–H groups in total. The number of carbonyl (C=O) groups is 1. The van der Waals surface area contributed by atoms with E-state index in [-0.39, 0.29) is 28.9 Å². The Morgan fingerprint density at radius 2 is 1.36 bits per heavy atom. The minimum absolute atomic E-state index is 0.0235. The molecule has 3 aromatic carbocycles. The van der Waals surface area contributed by atoms with Gasteiger partial charge >= 0.3 is 0 Å². The van der Waals surface area contributed by atoms with Gasteiger partial charge in [0, 0.05) is 6.54 Å². The van der Waals surface area contributed by atoms with E-state index in [2.05, 4.69) is 107 Å². The molecule has 3 aromatic rings. The van der Waals surface area contributed by atoms with Gasteiger partial charge in [0.25, 0.3) is 14.2 Å². The number of nitrogens with zero attached hydrogens (tertiary/aromatic N) is 2. The van der Waals surface area contributed by atoms with E-state index in [1.165, 1.54) is 16.6 Å². The van der Waals surface area contributed by atoms with Crippen LogP contribution < -0.4 is 10.4 Å². The number of benzene rings is 3. The summed E-state index contributed by atoms with van der Waals surface area (Å²) >= 11 is 0. The maximum Gasteiger partial charge on any atom is 0.265 e. The molecular weight excluding hydrogens is 460 g/mol. The average Bonchev–Trinajstić information content (AvgIpc) is 2.87. The summed E-state index contributed by atoms with van der Waals surface area (Å²) in [5.74, 6) is 0.229. The minimum atomic E-state index is -2.73. The summed E-state index contributed by atoms with van der Waals surface area (Å²) in [7, 11) is -2.73. The van der Waals surface area contributed by atoms with Crippen LogP contribution in [-0.4, -0.2) is 44.0 Å². The topological polar surface area (TPSA) is 41.9 Å². The first-order valence-corrected chi connectivity index (χ1v) is 14.8. The zero-order chi connectivity index (χ0) is 25.8. The second kappa shape index (κ2) is 10.9. The van der Waals surface area contributed by atoms with Gasteiger partial charge in [0.2, 0.25) is 0 Å². The lowest BCUT2D eigenvalue weighted by atomic mass is 9.94. The average molecular weight is 499 g/mol. The molecule has 0 saturated heterocycles. The van der Waals surface area contributed by atoms with Crippen LogP contribution >= 0.6 is 0 Å². The van der Waals surface area contributed by atoms with Crippen molar-refractivity contribution in [2.45, 2.75) is 58.3 Å². The summed E-state index contributed by atoms with van der Waals surface area (Å²) in [6.45, 7) is 12.2. The van der Waals surface area contributed by atoms with Gasteiger partial charge < -0.3 is 9.33 Å². The van der Waals surface area contributed by atoms with Crippen LogP contribution in [0.3, 0.4) is 0 Å². The fourth-order valence-electron chi connectivity index (χ4n) is 5.42. The van der Waals surface area contributed by atoms with Crippen molar-refractivity contribution in [2.75, 3.05) is 6.61 Å². The van der Waals surface area contributed by atoms with E-state index in [0.717, 1.165) is 5.56 Å². The van der Waals surface area contributed by atoms with Gasteiger partial charge in [-0.05, 0) is 26.9 Å². The zero-order valence-corrected chi connectivity index (χ0v) is 23.1. The molecule has 5 heteroatoms. The maximum atomic E-state index is 13.2. The Labute approximate surface area is 217 Å². The predicted molar refractivity (Wildman–Crippen MR) is 151 cm³/mol. The second-order valence-corrected chi connectivity index (χ2v) is 15.3. The number of carbonyl (C=O) groups excluding carboxylic acids is 1. The highest BCUT2D eigenvalue weighted by atomic mass is 28.4. The summed E-state index contributed by atoms with van der Waals surface area (Å²) in [6, 6.07) is 31.3. The SMILES string of the molecule is CC(C)[C@H]1N=CC(=O)N(Cc2ccccc2)[C@@H]1CO[Si](c1ccccc1)(c1ccccc1)C(C)(C)C. The number of amides is 1. The Balaban J connectivity index is 1.77. The fraction of sp³-hybridized carbons (Fsp3) is 0.355. The first kappa shape index (κ1) is 26.1. The maximum absolute atomic E-state index is 13.2. The smallest absolute Gasteiger partial charge is 0.265 e. The van der Waals surface area contributed by atoms with Crippen molar-refractivity contribution >= 4 is 30.8 Å². The van der Waals surface area contributed by atoms with Crippen LogP contribution in [0.5, 0.6) is 0 Å². The van der Waals surface area contributed by atoms with Gasteiger partial charge in [-0.3, -0.25) is 9.79 Å². The van der Waals surface area contributed by atoms with E-state index in [1.54, 1.807) is 0 Å². The first-order chi connectivity index (χ1) is 17.2. The lowest BCUT2D eigenvalue weighted by Crippen LogP contribution is -2.68. The molecule has 1 aliphatic rings. The molecule has 0 radical (unpaired) electrons. The number of hydrogen-bond donors (Lipinski definition) is 0. The van der Waals surface area contributed by atoms with Crippen LogP contribution in [0.2, 0.25) is 5.04 Å². The molecule has 0 aromatic heterocycles. The summed E-state index contributed by atoms with van der Waals surface area (Å²) in [6.07, 6.45) is 1.51. The van der Waals surface area contributed by atoms with Crippen LogP contribution in [0.1, 0.15) is 40.2 Å². The van der Waals surface area contributed by atoms with E-state index >= 15 is 0 Å². The molecule has 4 rings (SSSR count). The van der Waals surface area contributed by atoms with E-state index in [9.17, 15) is 4.79 Å². The van der Waals surface area contributed by atoms with Gasteiger partial charge in [0.1, 0.15) is 0 Å². The van der Waals surface area contributed by atoms with Gasteiger partial charge in [-0.25, -0.2) is 0 Å². The highest BCUT2D eigenvalue weighted by Gasteiger charge is 2.51. The number of rotatable bonds is 8. The monoisotopic (exact) mass is 498 g/mol. The summed E-state index contributed by atoms with van der Waals surface area (Å²) in [5.41, 5.74) is 1.11. The van der Waals surface area contributed by atoms with Crippen LogP contribution in [0.25, 0.3) is 0 Å². The molecule has 0 spiro atoms. The van der Waals surface area contributed by atoms with Crippen molar-refractivity contribution in [2.24, 2.45) is 10.9 Å². The van der Waals surface area contributed by atoms with Crippen LogP contribution in [-0.2, 0) is 15.8 Å². The molecule has 0 saturated carbocycles. The van der Waals surface area contributed by atoms with Crippen LogP contribution in [0.4, 0.5) is 0 Å². The predicted octanol–water partition coefficient (Wildman–Crippen LogP) is 5.07. The van der Waals surface area contributed by atoms with Crippen molar-refractivity contribution in [1.82, 2.24) is 4.90 Å². The summed E-state index contributed by atoms with van der Waals surface area (Å²) in [4.78, 5) is 19.8. The molecule has 0 unspecified atom stereocenters. The third-order valence-electron chi connectivity index (χ3n) is 7.20. The number of hydrogen-bond acceptors (Lipinski definition) is 3. The quantitative estimate of drug-likeness (QED) is 0.407. The van der Waals surface area contributed by atoms with Gasteiger partial charge in [0.15, 0.2) is 0 Å². The van der Waals surface area contributed by atoms with E-state index < -0.39 is 8.32 Å². The standard InChI is InChI=1S/C31H38N2O2Si/c1-24(2)30-28(33(29(34)21-32-30)22-25-15-9-6-10-16-25)23-35-36(31(3,4)5,26-17-11-7-12-18-26)27-19-13-8-14-20-27/h6-21,24,28,30H,22-23H2,1-5H3/t28-,30-/m1/s1. The molecule has 0 bridgehead atoms. The molecule has 1 heterocycles. The Hall–Kier alpha value is -3.02. The minimum Gasteiger partial charge on any atom is -0.405 e. The van der Waals surface area contributed by atoms with Crippen molar-refractivity contribution in [3.8, 4) is 0 Å². The summed E-state index contributed by atoms with van der Waals surface area (Å²) in [5, 5.41) is 2.35. The van der Waals surface area contributed by atoms with Crippen molar-refractivity contribution in [3.63, 3.8) is 0 Å². The van der Waals surface area contributed by atoms with Crippen molar-refractivity contribution < 1.29 is 9.22 Å². The van der Waals surface area contributed by atoms with E-state index in [4.69, 9.17) is 9.42 Å². The zero-order valence-electron chi connectivity index (χ0n) is 22.1. The second-order valence-electron chi connectivity index (χ2n) is 11.0. The van der Waals surface area contributed by atoms with Gasteiger partial charge in [0.05, 0.1) is 24.9 Å². The Kier molecular flexibility index (Phi) is 7.91. The third-order valence-corrected chi connectivity index (χ3v) is 12.2. The van der Waals surface area contributed by atoms with Crippen LogP contribution in [0, 0.1) is 5.92 Å². The lowest BCUT2D eigenvalue weighted by Gasteiger charge is -2.46. The molecule has 0 aliphatic carbocycles. The molecule has 1 amide bonds. The highest BCUT2D eigenvalue weighted by molar-refractivity contribution is 6.99. The van der Waals surface area contributed by atoms with Gasteiger partial charge in [-0.15, -0.1) is 0 Å². The molecule has 4 nitrogen and oxygen atoms in total. The molecule has 188 valence electrons. The normalized spacial score (nSPS) is 18.6. The number of aliphatic imine (C=N–C) groups is 1. The van der Waals surface area contributed by atoms with E-state index in [0.29, 0.717) is 13.2 Å². The molecule has 2 atom stereocenters. The Morgan fingerprint density at radius 3 is 1.83 bits per heavy atom. The summed E-state index contributed by atoms with van der Waals surface area (Å²) < 4.78 is 7.27. The van der Waals surface area contributed by atoms with E-state index in [1.807, 2.05) is 23.1 Å². The van der Waals surface area contributed by atoms with Gasteiger partial charge in [-0.2, -0.15) is 0 Å². The Bertz CT molecular complexity index is 1120. The fourth-order valence-corrected chi connectivity index (χ4v) is 10.00. The molecule has 1 aliphatic heterocycles. The highest BCUT2D eigenvalue weighted by Crippen LogP contribution is 2.37. The van der Waals surface area contributed by atoms with Gasteiger partial charge in [-0.1, -0.05) is 126 Å².